The van der Waals surface area contributed by atoms with E-state index < -0.39 is 0 Å². The summed E-state index contributed by atoms with van der Waals surface area (Å²) in [6, 6.07) is 9.84. The molecule has 1 aromatic carbocycles. The normalized spacial score (nSPS) is 15.6. The van der Waals surface area contributed by atoms with Crippen LogP contribution in [0.5, 0.6) is 0 Å². The number of nitrogens with two attached hydrogens (primary N) is 1. The van der Waals surface area contributed by atoms with Crippen LogP contribution in [0.1, 0.15) is 43.5 Å². The predicted octanol–water partition coefficient (Wildman–Crippen LogP) is 3.04. The topological polar surface area (TPSA) is 78.7 Å². The molecule has 1 saturated carbocycles. The minimum absolute atomic E-state index is 0.247. The number of fused-ring (bicyclic) bond motifs is 1. The number of nitrogens with zero attached hydrogens (tertiary/aromatic N) is 4. The molecule has 2 N–H and O–H groups in total. The third kappa shape index (κ3) is 3.23. The Morgan fingerprint density at radius 1 is 1.12 bits per heavy atom. The van der Waals surface area contributed by atoms with Crippen LogP contribution in [0.4, 0.5) is 5.82 Å². The van der Waals surface area contributed by atoms with Gasteiger partial charge in [-0.05, 0) is 11.5 Å². The van der Waals surface area contributed by atoms with Crippen molar-refractivity contribution in [1.82, 2.24) is 18.5 Å². The van der Waals surface area contributed by atoms with Gasteiger partial charge in [0, 0.05) is 6.42 Å². The van der Waals surface area contributed by atoms with E-state index in [-0.39, 0.29) is 5.69 Å². The van der Waals surface area contributed by atoms with Gasteiger partial charge in [-0.3, -0.25) is 4.57 Å². The third-order valence-electron chi connectivity index (χ3n) is 5.20. The van der Waals surface area contributed by atoms with Crippen LogP contribution in [0.25, 0.3) is 11.2 Å². The Hall–Kier alpha value is -2.28. The Labute approximate surface area is 157 Å². The Morgan fingerprint density at radius 2 is 1.85 bits per heavy atom. The first-order chi connectivity index (χ1) is 12.6. The van der Waals surface area contributed by atoms with E-state index in [4.69, 9.17) is 10.7 Å². The van der Waals surface area contributed by atoms with Gasteiger partial charge in [0.2, 0.25) is 0 Å². The minimum atomic E-state index is -0.247. The average Bonchev–Trinajstić information content (AvgIpc) is 2.89. The van der Waals surface area contributed by atoms with Crippen molar-refractivity contribution in [3.05, 3.63) is 52.2 Å². The first-order valence-corrected chi connectivity index (χ1v) is 9.54. The molecule has 136 valence electrons. The second-order valence-electron chi connectivity index (χ2n) is 7.07. The molecule has 6 nitrogen and oxygen atoms in total. The highest BCUT2D eigenvalue weighted by Gasteiger charge is 2.20. The van der Waals surface area contributed by atoms with E-state index in [1.807, 2.05) is 30.3 Å². The lowest BCUT2D eigenvalue weighted by Gasteiger charge is -2.20. The number of anilines is 1. The van der Waals surface area contributed by atoms with Crippen LogP contribution in [0.3, 0.4) is 0 Å². The smallest absolute Gasteiger partial charge is 0.340 e. The van der Waals surface area contributed by atoms with Gasteiger partial charge in [0.25, 0.3) is 0 Å². The van der Waals surface area contributed by atoms with Gasteiger partial charge in [-0.1, -0.05) is 75.3 Å². The second kappa shape index (κ2) is 7.15. The summed E-state index contributed by atoms with van der Waals surface area (Å²) in [5.74, 6) is 1.65. The maximum Gasteiger partial charge on any atom is 0.340 e. The molecule has 7 heteroatoms. The molecule has 0 saturated heterocycles. The summed E-state index contributed by atoms with van der Waals surface area (Å²) >= 11 is 4.31. The fraction of sp³-hybridized carbons (Fsp3) is 0.421. The SMILES string of the molecule is Nc1nc(CC2CCCCC2)nc2c1n(S)c(=O)n2Cc1ccccc1. The molecule has 0 amide bonds. The van der Waals surface area contributed by atoms with Crippen molar-refractivity contribution >= 4 is 29.8 Å². The van der Waals surface area contributed by atoms with E-state index in [2.05, 4.69) is 17.8 Å². The summed E-state index contributed by atoms with van der Waals surface area (Å²) in [5, 5.41) is 0. The van der Waals surface area contributed by atoms with Crippen molar-refractivity contribution < 1.29 is 0 Å². The summed E-state index contributed by atoms with van der Waals surface area (Å²) in [7, 11) is 0. The Bertz CT molecular complexity index is 973. The second-order valence-corrected chi connectivity index (χ2v) is 7.47. The van der Waals surface area contributed by atoms with Gasteiger partial charge in [0.1, 0.15) is 11.3 Å². The van der Waals surface area contributed by atoms with E-state index in [9.17, 15) is 4.79 Å². The molecule has 2 heterocycles. The fourth-order valence-corrected chi connectivity index (χ4v) is 4.15. The van der Waals surface area contributed by atoms with Gasteiger partial charge in [-0.25, -0.2) is 18.7 Å². The molecule has 0 spiro atoms. The summed E-state index contributed by atoms with van der Waals surface area (Å²) in [5.41, 5.74) is 8.00. The van der Waals surface area contributed by atoms with Gasteiger partial charge in [-0.15, -0.1) is 0 Å². The van der Waals surface area contributed by atoms with E-state index in [1.165, 1.54) is 36.1 Å². The maximum atomic E-state index is 12.7. The molecule has 1 aliphatic rings. The lowest BCUT2D eigenvalue weighted by atomic mass is 9.87. The Balaban J connectivity index is 1.75. The molecule has 4 rings (SSSR count). The van der Waals surface area contributed by atoms with Gasteiger partial charge in [0.05, 0.1) is 6.54 Å². The van der Waals surface area contributed by atoms with Gasteiger partial charge in [-0.2, -0.15) is 0 Å². The Morgan fingerprint density at radius 3 is 2.58 bits per heavy atom. The van der Waals surface area contributed by atoms with Gasteiger partial charge in [0.15, 0.2) is 11.5 Å². The van der Waals surface area contributed by atoms with Crippen LogP contribution in [0.15, 0.2) is 35.1 Å². The van der Waals surface area contributed by atoms with E-state index in [1.54, 1.807) is 4.57 Å². The molecule has 0 atom stereocenters. The number of imidazole rings is 1. The molecule has 0 unspecified atom stereocenters. The number of thiol groups is 1. The number of hydrogen-bond acceptors (Lipinski definition) is 5. The van der Waals surface area contributed by atoms with Crippen molar-refractivity contribution in [1.29, 1.82) is 0 Å². The van der Waals surface area contributed by atoms with Crippen LogP contribution in [-0.4, -0.2) is 18.5 Å². The average molecular weight is 369 g/mol. The van der Waals surface area contributed by atoms with Crippen molar-refractivity contribution in [3.8, 4) is 0 Å². The molecule has 1 fully saturated rings. The lowest BCUT2D eigenvalue weighted by molar-refractivity contribution is 0.352. The molecule has 0 bridgehead atoms. The van der Waals surface area contributed by atoms with E-state index in [0.29, 0.717) is 29.4 Å². The fourth-order valence-electron chi connectivity index (χ4n) is 3.85. The standard InChI is InChI=1S/C19H23N5OS/c20-17-16-18(22-15(21-17)11-13-7-3-1-4-8-13)23(19(25)24(16)26)12-14-9-5-2-6-10-14/h2,5-6,9-10,13,26H,1,3-4,7-8,11-12H2,(H2,20,21,22). The van der Waals surface area contributed by atoms with Gasteiger partial charge < -0.3 is 5.73 Å². The Kier molecular flexibility index (Phi) is 4.72. The van der Waals surface area contributed by atoms with E-state index >= 15 is 0 Å². The molecule has 1 aliphatic carbocycles. The zero-order valence-electron chi connectivity index (χ0n) is 14.6. The van der Waals surface area contributed by atoms with Crippen molar-refractivity contribution in [2.24, 2.45) is 5.92 Å². The lowest BCUT2D eigenvalue weighted by Crippen LogP contribution is -2.21. The first kappa shape index (κ1) is 17.1. The van der Waals surface area contributed by atoms with Crippen molar-refractivity contribution in [3.63, 3.8) is 0 Å². The summed E-state index contributed by atoms with van der Waals surface area (Å²) in [4.78, 5) is 21.8. The number of aromatic nitrogens is 4. The molecular formula is C19H23N5OS. The number of nitrogen functional groups attached to an aromatic ring is 1. The summed E-state index contributed by atoms with van der Waals surface area (Å²) < 4.78 is 2.87. The van der Waals surface area contributed by atoms with Crippen molar-refractivity contribution in [2.75, 3.05) is 5.73 Å². The van der Waals surface area contributed by atoms with Crippen LogP contribution < -0.4 is 11.4 Å². The maximum absolute atomic E-state index is 12.7. The largest absolute Gasteiger partial charge is 0.382 e. The molecule has 3 aromatic rings. The molecule has 0 aliphatic heterocycles. The first-order valence-electron chi connectivity index (χ1n) is 9.14. The zero-order valence-corrected chi connectivity index (χ0v) is 15.5. The van der Waals surface area contributed by atoms with E-state index in [0.717, 1.165) is 17.8 Å². The molecule has 2 aromatic heterocycles. The molecule has 26 heavy (non-hydrogen) atoms. The van der Waals surface area contributed by atoms with Gasteiger partial charge >= 0.3 is 5.69 Å². The summed E-state index contributed by atoms with van der Waals surface area (Å²) in [6.45, 7) is 0.434. The summed E-state index contributed by atoms with van der Waals surface area (Å²) in [6.07, 6.45) is 7.11. The molecule has 0 radical (unpaired) electrons. The highest BCUT2D eigenvalue weighted by Crippen LogP contribution is 2.27. The zero-order chi connectivity index (χ0) is 18.1. The quantitative estimate of drug-likeness (QED) is 0.693. The number of benzene rings is 1. The predicted molar refractivity (Wildman–Crippen MR) is 106 cm³/mol. The van der Waals surface area contributed by atoms with Crippen LogP contribution in [0.2, 0.25) is 0 Å². The van der Waals surface area contributed by atoms with Crippen LogP contribution in [0, 0.1) is 5.92 Å². The van der Waals surface area contributed by atoms with Crippen LogP contribution in [-0.2, 0) is 13.0 Å². The number of hydrogen-bond donors (Lipinski definition) is 2. The van der Waals surface area contributed by atoms with Crippen molar-refractivity contribution in [2.45, 2.75) is 45.1 Å². The highest BCUT2D eigenvalue weighted by atomic mass is 32.1. The third-order valence-corrected chi connectivity index (χ3v) is 5.57. The molecular weight excluding hydrogens is 346 g/mol. The minimum Gasteiger partial charge on any atom is -0.382 e. The monoisotopic (exact) mass is 369 g/mol. The van der Waals surface area contributed by atoms with Crippen LogP contribution >= 0.6 is 12.8 Å². The highest BCUT2D eigenvalue weighted by molar-refractivity contribution is 7.78. The number of rotatable bonds is 4.